The number of carboxylic acids is 2. The second-order valence-electron chi connectivity index (χ2n) is 12.0. The monoisotopic (exact) mass is 705 g/mol. The number of aliphatic carboxylic acids is 2. The van der Waals surface area contributed by atoms with Crippen LogP contribution in [0.3, 0.4) is 0 Å². The molecule has 5 rings (SSSR count). The van der Waals surface area contributed by atoms with Gasteiger partial charge in [-0.3, -0.25) is 0 Å². The molecule has 0 radical (unpaired) electrons. The maximum Gasteiger partial charge on any atom is 3.00 e. The van der Waals surface area contributed by atoms with E-state index in [9.17, 15) is 19.8 Å². The maximum atomic E-state index is 11.4. The van der Waals surface area contributed by atoms with E-state index in [0.29, 0.717) is 11.4 Å². The number of nitrogens with zero attached hydrogens (tertiary/aromatic N) is 3. The first kappa shape index (κ1) is 38.6. The van der Waals surface area contributed by atoms with Crippen LogP contribution in [0, 0.1) is 13.8 Å². The molecule has 3 aromatic rings. The van der Waals surface area contributed by atoms with Crippen molar-refractivity contribution in [2.75, 3.05) is 13.1 Å². The van der Waals surface area contributed by atoms with Crippen molar-refractivity contribution in [3.8, 4) is 0 Å². The van der Waals surface area contributed by atoms with Gasteiger partial charge in [-0.05, 0) is 135 Å². The number of nitrogens with one attached hydrogen (secondary N) is 2. The zero-order valence-corrected chi connectivity index (χ0v) is 31.9. The molecular weight excluding hydrogens is 660 g/mol. The van der Waals surface area contributed by atoms with Crippen molar-refractivity contribution >= 4 is 76.1 Å². The molecular formula is C38H46GaN5O4. The van der Waals surface area contributed by atoms with Crippen molar-refractivity contribution in [3.63, 3.8) is 0 Å². The second-order valence-corrected chi connectivity index (χ2v) is 12.0. The summed E-state index contributed by atoms with van der Waals surface area (Å²) in [5.74, 6) is -2.25. The summed E-state index contributed by atoms with van der Waals surface area (Å²) in [6, 6.07) is 8.09. The fourth-order valence-electron chi connectivity index (χ4n) is 6.44. The third kappa shape index (κ3) is 8.40. The summed E-state index contributed by atoms with van der Waals surface area (Å²) in [6.07, 6.45) is 1.96. The van der Waals surface area contributed by atoms with E-state index in [4.69, 9.17) is 9.97 Å². The van der Waals surface area contributed by atoms with Gasteiger partial charge in [-0.2, -0.15) is 13.1 Å². The third-order valence-electron chi connectivity index (χ3n) is 9.11. The summed E-state index contributed by atoms with van der Waals surface area (Å²) in [7, 11) is 0. The molecule has 0 fully saturated rings. The van der Waals surface area contributed by atoms with Crippen LogP contribution >= 0.6 is 0 Å². The Morgan fingerprint density at radius 2 is 1.02 bits per heavy atom. The molecule has 2 N–H and O–H groups in total. The second kappa shape index (κ2) is 17.0. The van der Waals surface area contributed by atoms with E-state index in [2.05, 4.69) is 49.0 Å². The van der Waals surface area contributed by atoms with E-state index in [0.717, 1.165) is 87.2 Å². The van der Waals surface area contributed by atoms with E-state index in [1.165, 1.54) is 16.7 Å². The van der Waals surface area contributed by atoms with E-state index in [1.54, 1.807) is 0 Å². The van der Waals surface area contributed by atoms with Crippen molar-refractivity contribution in [2.24, 2.45) is 0 Å². The summed E-state index contributed by atoms with van der Waals surface area (Å²) < 4.78 is 0. The molecule has 0 saturated carbocycles. The minimum Gasteiger partial charge on any atom is -0.663 e. The predicted molar refractivity (Wildman–Crippen MR) is 193 cm³/mol. The summed E-state index contributed by atoms with van der Waals surface area (Å²) >= 11 is 0. The van der Waals surface area contributed by atoms with E-state index in [1.807, 2.05) is 45.9 Å². The van der Waals surface area contributed by atoms with Gasteiger partial charge in [0, 0.05) is 34.0 Å². The number of aromatic amines is 2. The molecule has 48 heavy (non-hydrogen) atoms. The molecule has 5 heterocycles. The molecule has 2 aliphatic heterocycles. The van der Waals surface area contributed by atoms with Crippen molar-refractivity contribution in [1.29, 1.82) is 0 Å². The number of hydrogen-bond acceptors (Lipinski definition) is 6. The van der Waals surface area contributed by atoms with Crippen molar-refractivity contribution in [1.82, 2.24) is 19.9 Å². The molecule has 10 heteroatoms. The Kier molecular flexibility index (Phi) is 13.7. The summed E-state index contributed by atoms with van der Waals surface area (Å²) in [5.41, 5.74) is 14.9. The third-order valence-corrected chi connectivity index (χ3v) is 9.11. The Balaban J connectivity index is 0.000000970. The number of carbonyl (C=O) groups excluding carboxylic acids is 2. The predicted octanol–water partition coefficient (Wildman–Crippen LogP) is 6.00. The van der Waals surface area contributed by atoms with Gasteiger partial charge in [0.15, 0.2) is 0 Å². The number of aromatic nitrogens is 4. The quantitative estimate of drug-likeness (QED) is 0.247. The molecule has 3 aromatic heterocycles. The fourth-order valence-corrected chi connectivity index (χ4v) is 6.44. The van der Waals surface area contributed by atoms with Crippen LogP contribution in [0.5, 0.6) is 0 Å². The van der Waals surface area contributed by atoms with Gasteiger partial charge >= 0.3 is 19.8 Å². The van der Waals surface area contributed by atoms with Crippen LogP contribution in [-0.2, 0) is 22.4 Å². The molecule has 0 unspecified atom stereocenters. The van der Waals surface area contributed by atoms with Gasteiger partial charge in [-0.1, -0.05) is 27.7 Å². The number of rotatable bonds is 10. The molecule has 0 aromatic carbocycles. The number of fused-ring (bicyclic) bond motifs is 8. The van der Waals surface area contributed by atoms with Gasteiger partial charge in [0.25, 0.3) is 0 Å². The van der Waals surface area contributed by atoms with Gasteiger partial charge in [0.1, 0.15) is 0 Å². The van der Waals surface area contributed by atoms with Crippen LogP contribution in [0.15, 0.2) is 24.3 Å². The Labute approximate surface area is 296 Å². The molecule has 0 amide bonds. The van der Waals surface area contributed by atoms with Crippen LogP contribution in [0.25, 0.3) is 49.7 Å². The van der Waals surface area contributed by atoms with Crippen molar-refractivity contribution < 1.29 is 19.8 Å². The molecule has 250 valence electrons. The summed E-state index contributed by atoms with van der Waals surface area (Å²) in [6.45, 7) is 18.5. The number of H-pyrrole nitrogens is 2. The van der Waals surface area contributed by atoms with Gasteiger partial charge in [0.2, 0.25) is 0 Å². The summed E-state index contributed by atoms with van der Waals surface area (Å²) in [4.78, 5) is 40.0. The van der Waals surface area contributed by atoms with E-state index >= 15 is 0 Å². The Bertz CT molecular complexity index is 1910. The minimum absolute atomic E-state index is 0. The maximum absolute atomic E-state index is 11.4. The average Bonchev–Trinajstić information content (AvgIpc) is 3.68. The first-order valence-corrected chi connectivity index (χ1v) is 16.6. The van der Waals surface area contributed by atoms with Crippen LogP contribution in [0.1, 0.15) is 112 Å². The smallest absolute Gasteiger partial charge is 0.663 e. The first-order valence-electron chi connectivity index (χ1n) is 16.6. The van der Waals surface area contributed by atoms with Gasteiger partial charge in [-0.15, -0.1) is 0 Å². The number of allylic oxidation sites excluding steroid dienone is 4. The Morgan fingerprint density at radius 1 is 0.625 bits per heavy atom. The van der Waals surface area contributed by atoms with Gasteiger partial charge in [0.05, 0.1) is 22.8 Å². The van der Waals surface area contributed by atoms with E-state index < -0.39 is 11.9 Å². The normalized spacial score (nSPS) is 12.5. The van der Waals surface area contributed by atoms with Crippen molar-refractivity contribution in [3.05, 3.63) is 74.6 Å². The first-order chi connectivity index (χ1) is 22.4. The molecule has 0 atom stereocenters. The summed E-state index contributed by atoms with van der Waals surface area (Å²) in [5, 5.41) is 26.8. The Hall–Kier alpha value is -3.86. The molecule has 0 aliphatic carbocycles. The number of hydrogen-bond donors (Lipinski definition) is 2. The minimum atomic E-state index is -1.13. The average molecular weight is 707 g/mol. The molecule has 2 aliphatic rings. The van der Waals surface area contributed by atoms with E-state index in [-0.39, 0.29) is 45.5 Å². The fraction of sp³-hybridized carbons (Fsp3) is 0.421. The molecule has 8 bridgehead atoms. The van der Waals surface area contributed by atoms with Gasteiger partial charge in [-0.25, -0.2) is 9.97 Å². The van der Waals surface area contributed by atoms with Crippen LogP contribution in [-0.4, -0.2) is 64.8 Å². The molecule has 9 nitrogen and oxygen atoms in total. The largest absolute Gasteiger partial charge is 3.00 e. The number of carboxylic acid groups (broad SMARTS) is 2. The SMILES string of the molecule is CC[N-]CC.CCc1c(C)c2cc3[nH]c(cc4nc(cc5nc(cc1[nH]2)C(C)=C5CCC(=O)[O-])C(CCC(=O)[O-])=C4C)c(C)c3CC.[Ga+3]. The number of carbonyl (C=O) groups is 2. The number of aryl methyl sites for hydroxylation is 4. The zero-order chi connectivity index (χ0) is 34.4. The Morgan fingerprint density at radius 3 is 1.40 bits per heavy atom. The molecule has 0 saturated heterocycles. The molecule has 0 spiro atoms. The zero-order valence-electron chi connectivity index (χ0n) is 29.5. The topological polar surface area (TPSA) is 152 Å². The van der Waals surface area contributed by atoms with Crippen LogP contribution in [0.4, 0.5) is 0 Å². The standard InChI is InChI=1S/C34H38N4O4.C4H10N.Ga/c1-7-21-17(3)25-13-26-19(5)23(9-11-33(39)40)31(37-26)16-32-24(10-12-34(41)42)20(6)28(38-32)15-30-22(8-2)18(4)27(36-30)14-29(21)35-25;1-3-5-4-2;/h13-16,35-36H,7-12H2,1-6H3,(H,39,40)(H,41,42);3-4H2,1-2H3;/q;-1;+3/p-2. The van der Waals surface area contributed by atoms with Gasteiger partial charge < -0.3 is 35.1 Å². The van der Waals surface area contributed by atoms with Crippen molar-refractivity contribution in [2.45, 2.75) is 93.9 Å². The van der Waals surface area contributed by atoms with Crippen LogP contribution < -0.4 is 10.2 Å². The van der Waals surface area contributed by atoms with Crippen LogP contribution in [0.2, 0.25) is 0 Å².